The van der Waals surface area contributed by atoms with Gasteiger partial charge in [-0.05, 0) is 31.2 Å². The maximum Gasteiger partial charge on any atom is 0.220 e. The van der Waals surface area contributed by atoms with Gasteiger partial charge < -0.3 is 19.6 Å². The van der Waals surface area contributed by atoms with Gasteiger partial charge >= 0.3 is 0 Å². The molecular formula is C17H19F2NO4. The first kappa shape index (κ1) is 17.9. The SMILES string of the molecule is Cc1ccc(CCC(=O)NCC(O)COc2ccc(F)c(F)c2)o1. The van der Waals surface area contributed by atoms with Gasteiger partial charge in [0.2, 0.25) is 5.91 Å². The molecule has 0 aliphatic rings. The first-order valence-corrected chi connectivity index (χ1v) is 7.52. The Morgan fingerprint density at radius 2 is 2.08 bits per heavy atom. The zero-order valence-electron chi connectivity index (χ0n) is 13.2. The van der Waals surface area contributed by atoms with Crippen LogP contribution in [0.4, 0.5) is 8.78 Å². The number of carbonyl (C=O) groups excluding carboxylic acids is 1. The highest BCUT2D eigenvalue weighted by Gasteiger charge is 2.10. The second-order valence-electron chi connectivity index (χ2n) is 5.36. The van der Waals surface area contributed by atoms with Gasteiger partial charge in [0.15, 0.2) is 11.6 Å². The van der Waals surface area contributed by atoms with E-state index in [1.807, 2.05) is 19.1 Å². The molecule has 0 aliphatic heterocycles. The molecule has 5 nitrogen and oxygen atoms in total. The first-order chi connectivity index (χ1) is 11.4. The first-order valence-electron chi connectivity index (χ1n) is 7.52. The zero-order valence-corrected chi connectivity index (χ0v) is 13.2. The van der Waals surface area contributed by atoms with E-state index in [0.29, 0.717) is 6.42 Å². The third kappa shape index (κ3) is 5.66. The van der Waals surface area contributed by atoms with Crippen LogP contribution in [-0.4, -0.2) is 30.3 Å². The lowest BCUT2D eigenvalue weighted by Crippen LogP contribution is -2.35. The Morgan fingerprint density at radius 3 is 2.75 bits per heavy atom. The highest BCUT2D eigenvalue weighted by molar-refractivity contribution is 5.76. The molecular weight excluding hydrogens is 320 g/mol. The van der Waals surface area contributed by atoms with Gasteiger partial charge in [-0.2, -0.15) is 0 Å². The molecule has 1 aromatic heterocycles. The number of nitrogens with one attached hydrogen (secondary N) is 1. The van der Waals surface area contributed by atoms with E-state index in [1.54, 1.807) is 0 Å². The van der Waals surface area contributed by atoms with E-state index in [0.717, 1.165) is 23.7 Å². The monoisotopic (exact) mass is 339 g/mol. The number of carbonyl (C=O) groups is 1. The number of ether oxygens (including phenoxy) is 1. The molecule has 7 heteroatoms. The van der Waals surface area contributed by atoms with Crippen LogP contribution >= 0.6 is 0 Å². The van der Waals surface area contributed by atoms with E-state index in [-0.39, 0.29) is 31.2 Å². The van der Waals surface area contributed by atoms with Crippen molar-refractivity contribution < 1.29 is 27.8 Å². The van der Waals surface area contributed by atoms with Crippen molar-refractivity contribution in [3.05, 3.63) is 53.5 Å². The number of hydrogen-bond donors (Lipinski definition) is 2. The van der Waals surface area contributed by atoms with E-state index in [4.69, 9.17) is 9.15 Å². The van der Waals surface area contributed by atoms with Crippen molar-refractivity contribution in [1.82, 2.24) is 5.32 Å². The molecule has 2 aromatic rings. The molecule has 24 heavy (non-hydrogen) atoms. The van der Waals surface area contributed by atoms with E-state index >= 15 is 0 Å². The Morgan fingerprint density at radius 1 is 1.29 bits per heavy atom. The Hall–Kier alpha value is -2.41. The highest BCUT2D eigenvalue weighted by atomic mass is 19.2. The number of aliphatic hydroxyl groups excluding tert-OH is 1. The van der Waals surface area contributed by atoms with Gasteiger partial charge in [0.1, 0.15) is 30.0 Å². The molecule has 0 fully saturated rings. The van der Waals surface area contributed by atoms with E-state index < -0.39 is 17.7 Å². The van der Waals surface area contributed by atoms with Crippen LogP contribution in [0.2, 0.25) is 0 Å². The Balaban J connectivity index is 1.65. The molecule has 1 unspecified atom stereocenters. The van der Waals surface area contributed by atoms with Crippen molar-refractivity contribution in [2.75, 3.05) is 13.2 Å². The van der Waals surface area contributed by atoms with Crippen LogP contribution in [0.1, 0.15) is 17.9 Å². The smallest absolute Gasteiger partial charge is 0.220 e. The molecule has 0 radical (unpaired) electrons. The second-order valence-corrected chi connectivity index (χ2v) is 5.36. The third-order valence-electron chi connectivity index (χ3n) is 3.26. The molecule has 1 heterocycles. The summed E-state index contributed by atoms with van der Waals surface area (Å²) in [7, 11) is 0. The predicted octanol–water partition coefficient (Wildman–Crippen LogP) is 2.35. The molecule has 1 atom stereocenters. The van der Waals surface area contributed by atoms with Gasteiger partial charge in [-0.1, -0.05) is 0 Å². The molecule has 1 amide bonds. The quantitative estimate of drug-likeness (QED) is 0.774. The molecule has 1 aromatic carbocycles. The number of rotatable bonds is 8. The number of amides is 1. The van der Waals surface area contributed by atoms with Crippen LogP contribution in [-0.2, 0) is 11.2 Å². The van der Waals surface area contributed by atoms with Gasteiger partial charge in [-0.25, -0.2) is 8.78 Å². The van der Waals surface area contributed by atoms with Gasteiger partial charge in [0.25, 0.3) is 0 Å². The molecule has 0 bridgehead atoms. The summed E-state index contributed by atoms with van der Waals surface area (Å²) < 4.78 is 36.3. The number of benzene rings is 1. The van der Waals surface area contributed by atoms with Crippen LogP contribution in [0.3, 0.4) is 0 Å². The van der Waals surface area contributed by atoms with Crippen molar-refractivity contribution in [3.8, 4) is 5.75 Å². The molecule has 0 aliphatic carbocycles. The number of halogens is 2. The van der Waals surface area contributed by atoms with Crippen LogP contribution in [0.5, 0.6) is 5.75 Å². The minimum atomic E-state index is -1.02. The number of furan rings is 1. The zero-order chi connectivity index (χ0) is 17.5. The van der Waals surface area contributed by atoms with Crippen molar-refractivity contribution >= 4 is 5.91 Å². The number of aliphatic hydroxyl groups is 1. The Bertz CT molecular complexity index is 687. The topological polar surface area (TPSA) is 71.7 Å². The molecule has 130 valence electrons. The molecule has 0 spiro atoms. The number of hydrogen-bond acceptors (Lipinski definition) is 4. The Labute approximate surface area is 138 Å². The van der Waals surface area contributed by atoms with Crippen molar-refractivity contribution in [2.45, 2.75) is 25.9 Å². The lowest BCUT2D eigenvalue weighted by atomic mass is 10.2. The largest absolute Gasteiger partial charge is 0.491 e. The predicted molar refractivity (Wildman–Crippen MR) is 82.6 cm³/mol. The molecule has 2 rings (SSSR count). The second kappa shape index (κ2) is 8.44. The van der Waals surface area contributed by atoms with Crippen molar-refractivity contribution in [3.63, 3.8) is 0 Å². The van der Waals surface area contributed by atoms with E-state index in [1.165, 1.54) is 6.07 Å². The van der Waals surface area contributed by atoms with Gasteiger partial charge in [0, 0.05) is 25.5 Å². The summed E-state index contributed by atoms with van der Waals surface area (Å²) in [4.78, 5) is 11.7. The van der Waals surface area contributed by atoms with Gasteiger partial charge in [0.05, 0.1) is 0 Å². The minimum absolute atomic E-state index is 0.000305. The summed E-state index contributed by atoms with van der Waals surface area (Å²) in [6.07, 6.45) is -0.252. The normalized spacial score (nSPS) is 12.0. The van der Waals surface area contributed by atoms with Crippen LogP contribution in [0.15, 0.2) is 34.7 Å². The minimum Gasteiger partial charge on any atom is -0.491 e. The average Bonchev–Trinajstić information content (AvgIpc) is 2.97. The molecule has 0 saturated heterocycles. The van der Waals surface area contributed by atoms with E-state index in [2.05, 4.69) is 5.32 Å². The summed E-state index contributed by atoms with van der Waals surface area (Å²) in [5.41, 5.74) is 0. The maximum absolute atomic E-state index is 13.0. The van der Waals surface area contributed by atoms with Crippen LogP contribution in [0.25, 0.3) is 0 Å². The standard InChI is InChI=1S/C17H19F2NO4/c1-11-2-3-13(24-11)5-7-17(22)20-9-12(21)10-23-14-4-6-15(18)16(19)8-14/h2-4,6,8,12,21H,5,7,9-10H2,1H3,(H,20,22). The lowest BCUT2D eigenvalue weighted by molar-refractivity contribution is -0.121. The van der Waals surface area contributed by atoms with E-state index in [9.17, 15) is 18.7 Å². The van der Waals surface area contributed by atoms with Crippen LogP contribution in [0, 0.1) is 18.6 Å². The average molecular weight is 339 g/mol. The fourth-order valence-electron chi connectivity index (χ4n) is 1.99. The summed E-state index contributed by atoms with van der Waals surface area (Å²) in [6, 6.07) is 6.73. The third-order valence-corrected chi connectivity index (χ3v) is 3.26. The summed E-state index contributed by atoms with van der Waals surface area (Å²) in [5.74, 6) is -0.603. The summed E-state index contributed by atoms with van der Waals surface area (Å²) >= 11 is 0. The lowest BCUT2D eigenvalue weighted by Gasteiger charge is -2.13. The van der Waals surface area contributed by atoms with Crippen molar-refractivity contribution in [1.29, 1.82) is 0 Å². The van der Waals surface area contributed by atoms with Crippen LogP contribution < -0.4 is 10.1 Å². The summed E-state index contributed by atoms with van der Waals surface area (Å²) in [5, 5.41) is 12.3. The van der Waals surface area contributed by atoms with Gasteiger partial charge in [-0.15, -0.1) is 0 Å². The number of aryl methyl sites for hydroxylation is 2. The summed E-state index contributed by atoms with van der Waals surface area (Å²) in [6.45, 7) is 1.68. The van der Waals surface area contributed by atoms with Gasteiger partial charge in [-0.3, -0.25) is 4.79 Å². The molecule has 2 N–H and O–H groups in total. The highest BCUT2D eigenvalue weighted by Crippen LogP contribution is 2.15. The fourth-order valence-corrected chi connectivity index (χ4v) is 1.99. The van der Waals surface area contributed by atoms with Crippen molar-refractivity contribution in [2.24, 2.45) is 0 Å². The Kier molecular flexibility index (Phi) is 6.31. The maximum atomic E-state index is 13.0. The molecule has 0 saturated carbocycles. The fraction of sp³-hybridized carbons (Fsp3) is 0.353.